The zero-order chi connectivity index (χ0) is 14.0. The van der Waals surface area contributed by atoms with Crippen molar-refractivity contribution in [2.24, 2.45) is 0 Å². The summed E-state index contributed by atoms with van der Waals surface area (Å²) in [6, 6.07) is 8.53. The second-order valence-corrected chi connectivity index (χ2v) is 6.87. The number of hydrogen-bond donors (Lipinski definition) is 2. The fourth-order valence-electron chi connectivity index (χ4n) is 3.24. The van der Waals surface area contributed by atoms with Gasteiger partial charge in [0.1, 0.15) is 0 Å². The van der Waals surface area contributed by atoms with Crippen LogP contribution >= 0.6 is 28.3 Å². The van der Waals surface area contributed by atoms with E-state index in [1.807, 2.05) is 12.1 Å². The van der Waals surface area contributed by atoms with Crippen LogP contribution in [-0.2, 0) is 10.2 Å². The van der Waals surface area contributed by atoms with Crippen molar-refractivity contribution in [1.82, 2.24) is 10.6 Å². The fraction of sp³-hybridized carbons (Fsp3) is 0.562. The van der Waals surface area contributed by atoms with Gasteiger partial charge >= 0.3 is 0 Å². The molecule has 3 rings (SSSR count). The fourth-order valence-corrected chi connectivity index (χ4v) is 3.51. The second kappa shape index (κ2) is 7.12. The molecular formula is C16H22BrClN2O. The van der Waals surface area contributed by atoms with Crippen LogP contribution < -0.4 is 10.6 Å². The summed E-state index contributed by atoms with van der Waals surface area (Å²) in [6.07, 6.45) is 5.33. The topological polar surface area (TPSA) is 41.1 Å². The molecule has 1 aliphatic heterocycles. The largest absolute Gasteiger partial charge is 0.351 e. The van der Waals surface area contributed by atoms with Gasteiger partial charge in [-0.3, -0.25) is 4.79 Å². The van der Waals surface area contributed by atoms with E-state index in [1.54, 1.807) is 0 Å². The maximum absolute atomic E-state index is 12.8. The van der Waals surface area contributed by atoms with E-state index in [2.05, 4.69) is 38.7 Å². The van der Waals surface area contributed by atoms with Crippen LogP contribution in [0.15, 0.2) is 28.7 Å². The summed E-state index contributed by atoms with van der Waals surface area (Å²) in [4.78, 5) is 12.8. The molecule has 1 saturated heterocycles. The van der Waals surface area contributed by atoms with Gasteiger partial charge in [-0.15, -0.1) is 12.4 Å². The quantitative estimate of drug-likeness (QED) is 0.854. The molecule has 1 unspecified atom stereocenters. The molecule has 3 nitrogen and oxygen atoms in total. The van der Waals surface area contributed by atoms with E-state index in [0.29, 0.717) is 6.04 Å². The Morgan fingerprint density at radius 3 is 2.48 bits per heavy atom. The second-order valence-electron chi connectivity index (χ2n) is 5.96. The van der Waals surface area contributed by atoms with Gasteiger partial charge in [0.05, 0.1) is 5.41 Å². The van der Waals surface area contributed by atoms with Crippen molar-refractivity contribution in [3.8, 4) is 0 Å². The number of nitrogens with one attached hydrogen (secondary N) is 2. The summed E-state index contributed by atoms with van der Waals surface area (Å²) in [5.74, 6) is 0.222. The molecule has 116 valence electrons. The highest BCUT2D eigenvalue weighted by Crippen LogP contribution is 2.44. The van der Waals surface area contributed by atoms with Crippen molar-refractivity contribution in [1.29, 1.82) is 0 Å². The third-order valence-corrected chi connectivity index (χ3v) is 5.20. The Labute approximate surface area is 140 Å². The van der Waals surface area contributed by atoms with Gasteiger partial charge in [0.25, 0.3) is 0 Å². The van der Waals surface area contributed by atoms with Gasteiger partial charge in [0.2, 0.25) is 5.91 Å². The Balaban J connectivity index is 0.00000161. The van der Waals surface area contributed by atoms with Crippen molar-refractivity contribution in [3.05, 3.63) is 34.3 Å². The molecule has 1 amide bonds. The lowest BCUT2D eigenvalue weighted by Gasteiger charge is -2.42. The normalized spacial score (nSPS) is 23.6. The van der Waals surface area contributed by atoms with Crippen LogP contribution in [-0.4, -0.2) is 25.0 Å². The lowest BCUT2D eigenvalue weighted by Crippen LogP contribution is -2.55. The number of hydrogen-bond acceptors (Lipinski definition) is 2. The summed E-state index contributed by atoms with van der Waals surface area (Å²) in [6.45, 7) is 1.98. The first-order chi connectivity index (χ1) is 9.71. The van der Waals surface area contributed by atoms with Crippen LogP contribution in [0.5, 0.6) is 0 Å². The summed E-state index contributed by atoms with van der Waals surface area (Å²) >= 11 is 3.46. The minimum absolute atomic E-state index is 0. The third kappa shape index (κ3) is 3.43. The van der Waals surface area contributed by atoms with Crippen LogP contribution in [0.1, 0.15) is 37.7 Å². The molecule has 1 aliphatic carbocycles. The maximum atomic E-state index is 12.8. The van der Waals surface area contributed by atoms with Gasteiger partial charge in [-0.2, -0.15) is 0 Å². The minimum atomic E-state index is -0.280. The molecule has 1 atom stereocenters. The molecule has 1 heterocycles. The molecule has 1 saturated carbocycles. The highest BCUT2D eigenvalue weighted by molar-refractivity contribution is 9.10. The van der Waals surface area contributed by atoms with Crippen LogP contribution in [0.3, 0.4) is 0 Å². The Kier molecular flexibility index (Phi) is 5.69. The molecule has 5 heteroatoms. The van der Waals surface area contributed by atoms with Crippen LogP contribution in [0.25, 0.3) is 0 Å². The standard InChI is InChI=1S/C16H21BrN2O.ClH/c17-13-6-4-12(5-7-13)16(8-2-9-16)15(20)19-14-3-1-10-18-11-14;/h4-7,14,18H,1-3,8-11H2,(H,19,20);1H. The summed E-state index contributed by atoms with van der Waals surface area (Å²) < 4.78 is 1.06. The molecule has 2 N–H and O–H groups in total. The number of halogens is 2. The molecule has 21 heavy (non-hydrogen) atoms. The number of carbonyl (C=O) groups is 1. The average Bonchev–Trinajstić information content (AvgIpc) is 2.41. The Hall–Kier alpha value is -0.580. The Morgan fingerprint density at radius 2 is 1.95 bits per heavy atom. The van der Waals surface area contributed by atoms with Gasteiger partial charge in [-0.05, 0) is 49.9 Å². The van der Waals surface area contributed by atoms with Gasteiger partial charge in [0.15, 0.2) is 0 Å². The first kappa shape index (κ1) is 16.8. The number of carbonyl (C=O) groups excluding carboxylic acids is 1. The molecule has 0 bridgehead atoms. The highest BCUT2D eigenvalue weighted by atomic mass is 79.9. The predicted molar refractivity (Wildman–Crippen MR) is 91.0 cm³/mol. The van der Waals surface area contributed by atoms with Crippen molar-refractivity contribution >= 4 is 34.2 Å². The van der Waals surface area contributed by atoms with E-state index in [4.69, 9.17) is 0 Å². The van der Waals surface area contributed by atoms with E-state index in [-0.39, 0.29) is 23.7 Å². The van der Waals surface area contributed by atoms with Crippen molar-refractivity contribution in [2.75, 3.05) is 13.1 Å². The van der Waals surface area contributed by atoms with E-state index < -0.39 is 0 Å². The molecule has 0 spiro atoms. The smallest absolute Gasteiger partial charge is 0.230 e. The first-order valence-corrected chi connectivity index (χ1v) is 8.28. The minimum Gasteiger partial charge on any atom is -0.351 e. The van der Waals surface area contributed by atoms with Crippen LogP contribution in [0.4, 0.5) is 0 Å². The monoisotopic (exact) mass is 372 g/mol. The molecule has 1 aromatic carbocycles. The highest BCUT2D eigenvalue weighted by Gasteiger charge is 2.46. The molecule has 1 aromatic rings. The first-order valence-electron chi connectivity index (χ1n) is 7.48. The van der Waals surface area contributed by atoms with Crippen molar-refractivity contribution in [2.45, 2.75) is 43.6 Å². The van der Waals surface area contributed by atoms with Crippen molar-refractivity contribution < 1.29 is 4.79 Å². The average molecular weight is 374 g/mol. The number of piperidine rings is 1. The van der Waals surface area contributed by atoms with E-state index in [9.17, 15) is 4.79 Å². The molecule has 0 radical (unpaired) electrons. The number of rotatable bonds is 3. The molecule has 2 fully saturated rings. The van der Waals surface area contributed by atoms with E-state index in [1.165, 1.54) is 0 Å². The Bertz CT molecular complexity index is 482. The summed E-state index contributed by atoms with van der Waals surface area (Å²) in [5.41, 5.74) is 0.881. The molecule has 0 aromatic heterocycles. The van der Waals surface area contributed by atoms with Gasteiger partial charge in [0, 0.05) is 17.1 Å². The number of benzene rings is 1. The van der Waals surface area contributed by atoms with Gasteiger partial charge in [-0.1, -0.05) is 34.5 Å². The lowest BCUT2D eigenvalue weighted by molar-refractivity contribution is -0.130. The SMILES string of the molecule is Cl.O=C(NC1CCCNC1)C1(c2ccc(Br)cc2)CCC1. The van der Waals surface area contributed by atoms with Crippen LogP contribution in [0, 0.1) is 0 Å². The van der Waals surface area contributed by atoms with Crippen LogP contribution in [0.2, 0.25) is 0 Å². The number of amides is 1. The zero-order valence-corrected chi connectivity index (χ0v) is 14.4. The van der Waals surface area contributed by atoms with E-state index in [0.717, 1.165) is 55.2 Å². The third-order valence-electron chi connectivity index (χ3n) is 4.67. The maximum Gasteiger partial charge on any atom is 0.230 e. The Morgan fingerprint density at radius 1 is 1.24 bits per heavy atom. The van der Waals surface area contributed by atoms with E-state index >= 15 is 0 Å². The molecule has 2 aliphatic rings. The van der Waals surface area contributed by atoms with Gasteiger partial charge < -0.3 is 10.6 Å². The summed E-state index contributed by atoms with van der Waals surface area (Å²) in [5, 5.41) is 6.62. The zero-order valence-electron chi connectivity index (χ0n) is 12.0. The molecular weight excluding hydrogens is 352 g/mol. The lowest BCUT2D eigenvalue weighted by atomic mass is 9.63. The van der Waals surface area contributed by atoms with Crippen molar-refractivity contribution in [3.63, 3.8) is 0 Å². The predicted octanol–water partition coefficient (Wildman–Crippen LogP) is 3.16. The van der Waals surface area contributed by atoms with Gasteiger partial charge in [-0.25, -0.2) is 0 Å². The summed E-state index contributed by atoms with van der Waals surface area (Å²) in [7, 11) is 0.